The molecule has 0 aliphatic carbocycles. The summed E-state index contributed by atoms with van der Waals surface area (Å²) < 4.78 is 10.5. The van der Waals surface area contributed by atoms with Crippen LogP contribution in [0.15, 0.2) is 4.99 Å². The standard InChI is InChI=1S/C19H39N5O3.HI/c1-7-27-18(25)23-16(12-15(2)3)13-21-17(20-6)22-14-19(4,5)24-8-10-26-11-9-24;/h15-16H,7-14H2,1-6H3,(H,23,25)(H2,20,21,22);1H. The van der Waals surface area contributed by atoms with Gasteiger partial charge in [0.25, 0.3) is 0 Å². The van der Waals surface area contributed by atoms with Crippen molar-refractivity contribution in [1.29, 1.82) is 0 Å². The molecule has 8 nitrogen and oxygen atoms in total. The summed E-state index contributed by atoms with van der Waals surface area (Å²) in [6.45, 7) is 15.7. The first-order valence-corrected chi connectivity index (χ1v) is 9.99. The number of amides is 1. The average Bonchev–Trinajstić information content (AvgIpc) is 2.62. The normalized spacial score (nSPS) is 16.9. The number of hydrogen-bond acceptors (Lipinski definition) is 5. The van der Waals surface area contributed by atoms with Gasteiger partial charge < -0.3 is 25.4 Å². The second-order valence-corrected chi connectivity index (χ2v) is 7.91. The van der Waals surface area contributed by atoms with E-state index in [4.69, 9.17) is 9.47 Å². The number of carbonyl (C=O) groups excluding carboxylic acids is 1. The Hall–Kier alpha value is -0.810. The monoisotopic (exact) mass is 513 g/mol. The molecule has 1 atom stereocenters. The fourth-order valence-electron chi connectivity index (χ4n) is 3.12. The zero-order chi connectivity index (χ0) is 20.3. The lowest BCUT2D eigenvalue weighted by Crippen LogP contribution is -2.57. The number of halogens is 1. The van der Waals surface area contributed by atoms with Crippen LogP contribution in [0.5, 0.6) is 0 Å². The third-order valence-electron chi connectivity index (χ3n) is 4.65. The van der Waals surface area contributed by atoms with Crippen LogP contribution in [-0.4, -0.2) is 81.6 Å². The van der Waals surface area contributed by atoms with Gasteiger partial charge in [0.15, 0.2) is 5.96 Å². The molecule has 1 unspecified atom stereocenters. The molecular formula is C19H40IN5O3. The molecule has 1 aliphatic rings. The number of ether oxygens (including phenoxy) is 2. The van der Waals surface area contributed by atoms with Gasteiger partial charge in [0.1, 0.15) is 0 Å². The van der Waals surface area contributed by atoms with E-state index in [1.807, 2.05) is 0 Å². The summed E-state index contributed by atoms with van der Waals surface area (Å²) >= 11 is 0. The van der Waals surface area contributed by atoms with Gasteiger partial charge in [0.05, 0.1) is 19.8 Å². The van der Waals surface area contributed by atoms with Crippen LogP contribution < -0.4 is 16.0 Å². The number of guanidine groups is 1. The topological polar surface area (TPSA) is 87.2 Å². The first kappa shape index (κ1) is 27.2. The predicted molar refractivity (Wildman–Crippen MR) is 125 cm³/mol. The lowest BCUT2D eigenvalue weighted by atomic mass is 10.0. The van der Waals surface area contributed by atoms with E-state index in [1.54, 1.807) is 14.0 Å². The Labute approximate surface area is 187 Å². The SMILES string of the molecule is CCOC(=O)NC(CNC(=NC)NCC(C)(C)N1CCOCC1)CC(C)C.I. The maximum absolute atomic E-state index is 11.8. The minimum absolute atomic E-state index is 0. The van der Waals surface area contributed by atoms with Gasteiger partial charge in [0, 0.05) is 44.8 Å². The molecule has 0 spiro atoms. The predicted octanol–water partition coefficient (Wildman–Crippen LogP) is 2.04. The second-order valence-electron chi connectivity index (χ2n) is 7.91. The van der Waals surface area contributed by atoms with E-state index in [0.29, 0.717) is 19.1 Å². The van der Waals surface area contributed by atoms with E-state index < -0.39 is 0 Å². The highest BCUT2D eigenvalue weighted by Gasteiger charge is 2.28. The molecule has 3 N–H and O–H groups in total. The van der Waals surface area contributed by atoms with Crippen molar-refractivity contribution in [3.8, 4) is 0 Å². The van der Waals surface area contributed by atoms with Crippen molar-refractivity contribution in [2.75, 3.05) is 53.0 Å². The molecule has 9 heteroatoms. The molecule has 0 aromatic carbocycles. The van der Waals surface area contributed by atoms with Crippen molar-refractivity contribution in [2.24, 2.45) is 10.9 Å². The summed E-state index contributed by atoms with van der Waals surface area (Å²) in [5.74, 6) is 1.20. The summed E-state index contributed by atoms with van der Waals surface area (Å²) in [6, 6.07) is -0.0187. The van der Waals surface area contributed by atoms with Crippen molar-refractivity contribution in [2.45, 2.75) is 52.6 Å². The minimum atomic E-state index is -0.374. The summed E-state index contributed by atoms with van der Waals surface area (Å²) in [4.78, 5) is 18.5. The van der Waals surface area contributed by atoms with Crippen LogP contribution in [0.2, 0.25) is 0 Å². The summed E-state index contributed by atoms with van der Waals surface area (Å²) in [5.41, 5.74) is 0.00190. The zero-order valence-electron chi connectivity index (χ0n) is 18.3. The molecular weight excluding hydrogens is 473 g/mol. The lowest BCUT2D eigenvalue weighted by Gasteiger charge is -2.41. The van der Waals surface area contributed by atoms with Gasteiger partial charge in [-0.05, 0) is 33.1 Å². The third kappa shape index (κ3) is 10.7. The van der Waals surface area contributed by atoms with Crippen LogP contribution in [0.3, 0.4) is 0 Å². The van der Waals surface area contributed by atoms with Gasteiger partial charge in [-0.15, -0.1) is 24.0 Å². The van der Waals surface area contributed by atoms with Gasteiger partial charge in [-0.25, -0.2) is 4.79 Å². The van der Waals surface area contributed by atoms with Crippen molar-refractivity contribution in [3.63, 3.8) is 0 Å². The van der Waals surface area contributed by atoms with Crippen molar-refractivity contribution in [3.05, 3.63) is 0 Å². The highest BCUT2D eigenvalue weighted by atomic mass is 127. The maximum atomic E-state index is 11.8. The summed E-state index contributed by atoms with van der Waals surface area (Å²) in [6.07, 6.45) is 0.489. The first-order chi connectivity index (χ1) is 12.8. The molecule has 1 fully saturated rings. The molecule has 28 heavy (non-hydrogen) atoms. The van der Waals surface area contributed by atoms with Crippen LogP contribution in [0.1, 0.15) is 41.0 Å². The first-order valence-electron chi connectivity index (χ1n) is 9.99. The second kappa shape index (κ2) is 14.2. The highest BCUT2D eigenvalue weighted by Crippen LogP contribution is 2.15. The van der Waals surface area contributed by atoms with Crippen LogP contribution in [0.25, 0.3) is 0 Å². The third-order valence-corrected chi connectivity index (χ3v) is 4.65. The average molecular weight is 513 g/mol. The largest absolute Gasteiger partial charge is 0.450 e. The molecule has 1 rings (SSSR count). The van der Waals surface area contributed by atoms with Crippen molar-refractivity contribution in [1.82, 2.24) is 20.9 Å². The molecule has 0 aromatic heterocycles. The fraction of sp³-hybridized carbons (Fsp3) is 0.895. The van der Waals surface area contributed by atoms with Crippen molar-refractivity contribution >= 4 is 36.0 Å². The smallest absolute Gasteiger partial charge is 0.407 e. The molecule has 166 valence electrons. The molecule has 0 aromatic rings. The Morgan fingerprint density at radius 3 is 2.43 bits per heavy atom. The van der Waals surface area contributed by atoms with Crippen LogP contribution in [0, 0.1) is 5.92 Å². The van der Waals surface area contributed by atoms with Crippen LogP contribution in [-0.2, 0) is 9.47 Å². The molecule has 0 radical (unpaired) electrons. The maximum Gasteiger partial charge on any atom is 0.407 e. The molecule has 1 saturated heterocycles. The number of nitrogens with one attached hydrogen (secondary N) is 3. The Morgan fingerprint density at radius 2 is 1.89 bits per heavy atom. The summed E-state index contributed by atoms with van der Waals surface area (Å²) in [5, 5.41) is 9.65. The Bertz CT molecular complexity index is 468. The molecule has 0 saturated carbocycles. The number of nitrogens with zero attached hydrogens (tertiary/aromatic N) is 2. The lowest BCUT2D eigenvalue weighted by molar-refractivity contribution is -0.00834. The number of morpholine rings is 1. The number of carbonyl (C=O) groups is 1. The molecule has 1 aliphatic heterocycles. The van der Waals surface area contributed by atoms with E-state index in [9.17, 15) is 4.79 Å². The van der Waals surface area contributed by atoms with E-state index in [-0.39, 0.29) is 41.7 Å². The van der Waals surface area contributed by atoms with Gasteiger partial charge in [0.2, 0.25) is 0 Å². The van der Waals surface area contributed by atoms with Gasteiger partial charge in [-0.1, -0.05) is 13.8 Å². The zero-order valence-corrected chi connectivity index (χ0v) is 20.7. The van der Waals surface area contributed by atoms with E-state index in [0.717, 1.165) is 45.2 Å². The minimum Gasteiger partial charge on any atom is -0.450 e. The van der Waals surface area contributed by atoms with Crippen molar-refractivity contribution < 1.29 is 14.3 Å². The Morgan fingerprint density at radius 1 is 1.25 bits per heavy atom. The Kier molecular flexibility index (Phi) is 13.8. The quantitative estimate of drug-likeness (QED) is 0.249. The number of alkyl carbamates (subject to hydrolysis) is 1. The Balaban J connectivity index is 0.00000729. The highest BCUT2D eigenvalue weighted by molar-refractivity contribution is 14.0. The molecule has 1 heterocycles. The number of rotatable bonds is 9. The van der Waals surface area contributed by atoms with E-state index >= 15 is 0 Å². The fourth-order valence-corrected chi connectivity index (χ4v) is 3.12. The molecule has 1 amide bonds. The van der Waals surface area contributed by atoms with E-state index in [2.05, 4.69) is 53.5 Å². The van der Waals surface area contributed by atoms with Gasteiger partial charge >= 0.3 is 6.09 Å². The molecule has 0 bridgehead atoms. The van der Waals surface area contributed by atoms with Crippen LogP contribution >= 0.6 is 24.0 Å². The number of hydrogen-bond donors (Lipinski definition) is 3. The van der Waals surface area contributed by atoms with E-state index in [1.165, 1.54) is 0 Å². The summed E-state index contributed by atoms with van der Waals surface area (Å²) in [7, 11) is 1.76. The van der Waals surface area contributed by atoms with Gasteiger partial charge in [-0.2, -0.15) is 0 Å². The van der Waals surface area contributed by atoms with Gasteiger partial charge in [-0.3, -0.25) is 9.89 Å². The number of aliphatic imine (C=N–C) groups is 1. The van der Waals surface area contributed by atoms with Crippen LogP contribution in [0.4, 0.5) is 4.79 Å².